The first kappa shape index (κ1) is 11.5. The van der Waals surface area contributed by atoms with Crippen molar-refractivity contribution in [1.82, 2.24) is 10.3 Å². The van der Waals surface area contributed by atoms with Gasteiger partial charge in [-0.2, -0.15) is 0 Å². The Morgan fingerprint density at radius 2 is 2.21 bits per heavy atom. The number of nitrogens with zero attached hydrogens (tertiary/aromatic N) is 1. The average molecular weight is 231 g/mol. The molecule has 2 rings (SSSR count). The summed E-state index contributed by atoms with van der Waals surface area (Å²) in [6, 6.07) is 5.74. The molecule has 0 saturated carbocycles. The van der Waals surface area contributed by atoms with Crippen LogP contribution in [-0.4, -0.2) is 18.1 Å². The molecule has 0 aliphatic carbocycles. The zero-order valence-corrected chi connectivity index (χ0v) is 9.24. The van der Waals surface area contributed by atoms with Crippen molar-refractivity contribution in [3.63, 3.8) is 0 Å². The van der Waals surface area contributed by atoms with Gasteiger partial charge in [-0.05, 0) is 30.7 Å². The Morgan fingerprint density at radius 1 is 1.36 bits per heavy atom. The molecule has 0 radical (unpaired) electrons. The van der Waals surface area contributed by atoms with E-state index in [1.54, 1.807) is 6.07 Å². The normalized spacial score (nSPS) is 15.6. The molecule has 1 N–H and O–H groups in total. The van der Waals surface area contributed by atoms with E-state index in [2.05, 4.69) is 16.4 Å². The van der Waals surface area contributed by atoms with Gasteiger partial charge in [0.15, 0.2) is 0 Å². The van der Waals surface area contributed by atoms with Crippen LogP contribution in [0.25, 0.3) is 5.57 Å². The van der Waals surface area contributed by atoms with Gasteiger partial charge in [-0.15, -0.1) is 12.4 Å². The Bertz CT molecular complexity index is 337. The number of halogens is 2. The molecule has 0 aromatic carbocycles. The van der Waals surface area contributed by atoms with E-state index in [4.69, 9.17) is 11.6 Å². The van der Waals surface area contributed by atoms with E-state index in [0.29, 0.717) is 5.15 Å². The SMILES string of the molecule is Cl.Clc1cccc(C2=CCNCC2)n1. The van der Waals surface area contributed by atoms with Crippen molar-refractivity contribution >= 4 is 29.6 Å². The maximum absolute atomic E-state index is 5.81. The molecule has 0 unspecified atom stereocenters. The van der Waals surface area contributed by atoms with Gasteiger partial charge in [0.1, 0.15) is 5.15 Å². The van der Waals surface area contributed by atoms with Gasteiger partial charge in [-0.1, -0.05) is 23.7 Å². The second kappa shape index (κ2) is 5.35. The minimum absolute atomic E-state index is 0. The first-order chi connectivity index (χ1) is 6.36. The van der Waals surface area contributed by atoms with Gasteiger partial charge in [0.2, 0.25) is 0 Å². The monoisotopic (exact) mass is 230 g/mol. The highest BCUT2D eigenvalue weighted by Gasteiger charge is 2.06. The van der Waals surface area contributed by atoms with E-state index in [1.165, 1.54) is 5.57 Å². The van der Waals surface area contributed by atoms with Crippen molar-refractivity contribution in [3.8, 4) is 0 Å². The molecule has 0 amide bonds. The molecule has 4 heteroatoms. The predicted molar refractivity (Wildman–Crippen MR) is 62.0 cm³/mol. The molecule has 14 heavy (non-hydrogen) atoms. The largest absolute Gasteiger partial charge is 0.313 e. The Labute approximate surface area is 94.8 Å². The minimum atomic E-state index is 0. The molecule has 76 valence electrons. The summed E-state index contributed by atoms with van der Waals surface area (Å²) in [7, 11) is 0. The maximum Gasteiger partial charge on any atom is 0.129 e. The highest BCUT2D eigenvalue weighted by Crippen LogP contribution is 2.18. The van der Waals surface area contributed by atoms with Gasteiger partial charge in [-0.25, -0.2) is 4.98 Å². The second-order valence-electron chi connectivity index (χ2n) is 3.03. The summed E-state index contributed by atoms with van der Waals surface area (Å²) >= 11 is 5.81. The molecule has 0 bridgehead atoms. The molecule has 2 nitrogen and oxygen atoms in total. The van der Waals surface area contributed by atoms with E-state index in [-0.39, 0.29) is 12.4 Å². The molecule has 0 atom stereocenters. The van der Waals surface area contributed by atoms with E-state index < -0.39 is 0 Å². The van der Waals surface area contributed by atoms with Gasteiger partial charge in [0.25, 0.3) is 0 Å². The van der Waals surface area contributed by atoms with Gasteiger partial charge in [-0.3, -0.25) is 0 Å². The summed E-state index contributed by atoms with van der Waals surface area (Å²) in [6.45, 7) is 1.96. The molecule has 0 spiro atoms. The molecular formula is C10H12Cl2N2. The zero-order valence-electron chi connectivity index (χ0n) is 7.66. The summed E-state index contributed by atoms with van der Waals surface area (Å²) in [5.41, 5.74) is 2.30. The van der Waals surface area contributed by atoms with Crippen molar-refractivity contribution < 1.29 is 0 Å². The number of pyridine rings is 1. The minimum Gasteiger partial charge on any atom is -0.313 e. The fourth-order valence-corrected chi connectivity index (χ4v) is 1.61. The van der Waals surface area contributed by atoms with Crippen LogP contribution in [0.15, 0.2) is 24.3 Å². The predicted octanol–water partition coefficient (Wildman–Crippen LogP) is 2.53. The Kier molecular flexibility index (Phi) is 4.39. The summed E-state index contributed by atoms with van der Waals surface area (Å²) in [6.07, 6.45) is 3.20. The lowest BCUT2D eigenvalue weighted by molar-refractivity contribution is 0.737. The second-order valence-corrected chi connectivity index (χ2v) is 3.42. The molecular weight excluding hydrogens is 219 g/mol. The number of hydrogen-bond acceptors (Lipinski definition) is 2. The highest BCUT2D eigenvalue weighted by molar-refractivity contribution is 6.29. The van der Waals surface area contributed by atoms with Crippen molar-refractivity contribution in [2.75, 3.05) is 13.1 Å². The first-order valence-corrected chi connectivity index (χ1v) is 4.77. The third-order valence-electron chi connectivity index (χ3n) is 2.11. The lowest BCUT2D eigenvalue weighted by Crippen LogP contribution is -2.20. The van der Waals surface area contributed by atoms with E-state index in [0.717, 1.165) is 25.2 Å². The van der Waals surface area contributed by atoms with Crippen LogP contribution in [0.3, 0.4) is 0 Å². The third-order valence-corrected chi connectivity index (χ3v) is 2.32. The van der Waals surface area contributed by atoms with Gasteiger partial charge >= 0.3 is 0 Å². The Balaban J connectivity index is 0.000000980. The third kappa shape index (κ3) is 2.71. The number of nitrogens with one attached hydrogen (secondary N) is 1. The van der Waals surface area contributed by atoms with Crippen molar-refractivity contribution in [2.24, 2.45) is 0 Å². The molecule has 1 aliphatic rings. The van der Waals surface area contributed by atoms with E-state index in [1.807, 2.05) is 12.1 Å². The topological polar surface area (TPSA) is 24.9 Å². The number of rotatable bonds is 1. The van der Waals surface area contributed by atoms with Crippen molar-refractivity contribution in [2.45, 2.75) is 6.42 Å². The molecule has 1 aliphatic heterocycles. The van der Waals surface area contributed by atoms with Gasteiger partial charge < -0.3 is 5.32 Å². The van der Waals surface area contributed by atoms with Crippen LogP contribution in [0.5, 0.6) is 0 Å². The molecule has 1 aromatic heterocycles. The van der Waals surface area contributed by atoms with Crippen LogP contribution in [0, 0.1) is 0 Å². The fraction of sp³-hybridized carbons (Fsp3) is 0.300. The van der Waals surface area contributed by atoms with Crippen LogP contribution >= 0.6 is 24.0 Å². The summed E-state index contributed by atoms with van der Waals surface area (Å²) in [5.74, 6) is 0. The van der Waals surface area contributed by atoms with E-state index in [9.17, 15) is 0 Å². The van der Waals surface area contributed by atoms with Crippen LogP contribution in [0.4, 0.5) is 0 Å². The van der Waals surface area contributed by atoms with Crippen molar-refractivity contribution in [3.05, 3.63) is 35.1 Å². The lowest BCUT2D eigenvalue weighted by Gasteiger charge is -2.13. The molecule has 0 fully saturated rings. The van der Waals surface area contributed by atoms with Gasteiger partial charge in [0, 0.05) is 6.54 Å². The molecule has 2 heterocycles. The van der Waals surface area contributed by atoms with Crippen molar-refractivity contribution in [1.29, 1.82) is 0 Å². The van der Waals surface area contributed by atoms with Crippen LogP contribution < -0.4 is 5.32 Å². The van der Waals surface area contributed by atoms with Gasteiger partial charge in [0.05, 0.1) is 5.69 Å². The first-order valence-electron chi connectivity index (χ1n) is 4.39. The standard InChI is InChI=1S/C10H11ClN2.ClH/c11-10-3-1-2-9(13-10)8-4-6-12-7-5-8;/h1-4,12H,5-7H2;1H. The smallest absolute Gasteiger partial charge is 0.129 e. The quantitative estimate of drug-likeness (QED) is 0.751. The van der Waals surface area contributed by atoms with Crippen LogP contribution in [-0.2, 0) is 0 Å². The Hall–Kier alpha value is -0.570. The Morgan fingerprint density at radius 3 is 2.86 bits per heavy atom. The maximum atomic E-state index is 5.81. The zero-order chi connectivity index (χ0) is 9.10. The number of hydrogen-bond donors (Lipinski definition) is 1. The van der Waals surface area contributed by atoms with E-state index >= 15 is 0 Å². The summed E-state index contributed by atoms with van der Waals surface area (Å²) < 4.78 is 0. The lowest BCUT2D eigenvalue weighted by atomic mass is 10.1. The summed E-state index contributed by atoms with van der Waals surface area (Å²) in [5, 5.41) is 3.83. The number of aromatic nitrogens is 1. The average Bonchev–Trinajstić information content (AvgIpc) is 2.19. The molecule has 0 saturated heterocycles. The summed E-state index contributed by atoms with van der Waals surface area (Å²) in [4.78, 5) is 4.27. The van der Waals surface area contributed by atoms with Crippen LogP contribution in [0.1, 0.15) is 12.1 Å². The molecule has 1 aromatic rings. The van der Waals surface area contributed by atoms with Crippen LogP contribution in [0.2, 0.25) is 5.15 Å². The fourth-order valence-electron chi connectivity index (χ4n) is 1.44. The highest BCUT2D eigenvalue weighted by atomic mass is 35.5.